The molecule has 0 bridgehead atoms. The second-order valence-electron chi connectivity index (χ2n) is 4.04. The molecule has 0 aliphatic carbocycles. The summed E-state index contributed by atoms with van der Waals surface area (Å²) in [7, 11) is 0. The summed E-state index contributed by atoms with van der Waals surface area (Å²) in [5.74, 6) is 0. The SMILES string of the molecule is CCN(CC1CCCO1)CC(O)C(F)(F)F. The lowest BCUT2D eigenvalue weighted by atomic mass is 10.2. The summed E-state index contributed by atoms with van der Waals surface area (Å²) >= 11 is 0. The van der Waals surface area contributed by atoms with Crippen LogP contribution >= 0.6 is 0 Å². The molecule has 1 aliphatic heterocycles. The van der Waals surface area contributed by atoms with E-state index in [0.29, 0.717) is 19.7 Å². The Morgan fingerprint density at radius 2 is 2.19 bits per heavy atom. The molecule has 1 rings (SSSR count). The summed E-state index contributed by atoms with van der Waals surface area (Å²) in [5.41, 5.74) is 0. The lowest BCUT2D eigenvalue weighted by Crippen LogP contribution is -2.43. The normalized spacial score (nSPS) is 24.0. The molecule has 1 N–H and O–H groups in total. The number of alkyl halides is 3. The third-order valence-electron chi connectivity index (χ3n) is 2.74. The Bertz CT molecular complexity index is 205. The fourth-order valence-electron chi connectivity index (χ4n) is 1.76. The fraction of sp³-hybridized carbons (Fsp3) is 1.00. The van der Waals surface area contributed by atoms with Crippen molar-refractivity contribution in [3.63, 3.8) is 0 Å². The fourth-order valence-corrected chi connectivity index (χ4v) is 1.76. The largest absolute Gasteiger partial charge is 0.415 e. The molecule has 0 radical (unpaired) electrons. The van der Waals surface area contributed by atoms with E-state index in [-0.39, 0.29) is 12.6 Å². The van der Waals surface area contributed by atoms with Crippen LogP contribution in [0.15, 0.2) is 0 Å². The van der Waals surface area contributed by atoms with Crippen LogP contribution in [0.1, 0.15) is 19.8 Å². The quantitative estimate of drug-likeness (QED) is 0.790. The highest BCUT2D eigenvalue weighted by molar-refractivity contribution is 4.75. The van der Waals surface area contributed by atoms with Crippen LogP contribution in [0.2, 0.25) is 0 Å². The van der Waals surface area contributed by atoms with E-state index in [9.17, 15) is 13.2 Å². The smallest absolute Gasteiger partial charge is 0.382 e. The van der Waals surface area contributed by atoms with Gasteiger partial charge in [0, 0.05) is 19.7 Å². The van der Waals surface area contributed by atoms with Gasteiger partial charge in [-0.25, -0.2) is 0 Å². The van der Waals surface area contributed by atoms with Crippen molar-refractivity contribution in [2.75, 3.05) is 26.2 Å². The highest BCUT2D eigenvalue weighted by atomic mass is 19.4. The Morgan fingerprint density at radius 1 is 1.50 bits per heavy atom. The Hall–Kier alpha value is -0.330. The molecule has 0 aromatic rings. The summed E-state index contributed by atoms with van der Waals surface area (Å²) in [6, 6.07) is 0. The maximum absolute atomic E-state index is 12.2. The van der Waals surface area contributed by atoms with E-state index in [1.54, 1.807) is 11.8 Å². The maximum Gasteiger partial charge on any atom is 0.415 e. The third-order valence-corrected chi connectivity index (χ3v) is 2.74. The molecule has 2 unspecified atom stereocenters. The number of halogens is 3. The summed E-state index contributed by atoms with van der Waals surface area (Å²) in [5, 5.41) is 8.95. The zero-order valence-electron chi connectivity index (χ0n) is 9.33. The van der Waals surface area contributed by atoms with E-state index in [2.05, 4.69) is 0 Å². The Balaban J connectivity index is 2.36. The Kier molecular flexibility index (Phi) is 5.01. The summed E-state index contributed by atoms with van der Waals surface area (Å²) in [6.45, 7) is 3.03. The van der Waals surface area contributed by atoms with Gasteiger partial charge in [0.05, 0.1) is 6.10 Å². The molecule has 0 spiro atoms. The molecule has 0 amide bonds. The third kappa shape index (κ3) is 4.27. The minimum absolute atomic E-state index is 0.0142. The summed E-state index contributed by atoms with van der Waals surface area (Å²) in [6.07, 6.45) is -4.94. The molecule has 3 nitrogen and oxygen atoms in total. The van der Waals surface area contributed by atoms with Gasteiger partial charge in [0.1, 0.15) is 0 Å². The molecule has 1 aliphatic rings. The predicted molar refractivity (Wildman–Crippen MR) is 53.1 cm³/mol. The van der Waals surface area contributed by atoms with Gasteiger partial charge in [-0.15, -0.1) is 0 Å². The van der Waals surface area contributed by atoms with Crippen LogP contribution in [0.3, 0.4) is 0 Å². The molecule has 0 saturated carbocycles. The zero-order chi connectivity index (χ0) is 12.2. The molecular weight excluding hydrogens is 223 g/mol. The predicted octanol–water partition coefficient (Wildman–Crippen LogP) is 1.41. The molecule has 0 aromatic carbocycles. The van der Waals surface area contributed by atoms with E-state index in [4.69, 9.17) is 9.84 Å². The minimum atomic E-state index is -4.54. The number of aliphatic hydroxyl groups excluding tert-OH is 1. The van der Waals surface area contributed by atoms with Gasteiger partial charge in [-0.1, -0.05) is 6.92 Å². The number of likely N-dealkylation sites (N-methyl/N-ethyl adjacent to an activating group) is 1. The van der Waals surface area contributed by atoms with Gasteiger partial charge in [0.15, 0.2) is 6.10 Å². The van der Waals surface area contributed by atoms with Gasteiger partial charge < -0.3 is 9.84 Å². The first kappa shape index (κ1) is 13.7. The van der Waals surface area contributed by atoms with Gasteiger partial charge in [-0.3, -0.25) is 4.90 Å². The molecule has 1 saturated heterocycles. The van der Waals surface area contributed by atoms with Crippen molar-refractivity contribution in [3.8, 4) is 0 Å². The van der Waals surface area contributed by atoms with Crippen molar-refractivity contribution in [3.05, 3.63) is 0 Å². The second-order valence-corrected chi connectivity index (χ2v) is 4.04. The molecule has 16 heavy (non-hydrogen) atoms. The lowest BCUT2D eigenvalue weighted by Gasteiger charge is -2.26. The highest BCUT2D eigenvalue weighted by Crippen LogP contribution is 2.21. The Labute approximate surface area is 93.2 Å². The van der Waals surface area contributed by atoms with E-state index < -0.39 is 12.3 Å². The van der Waals surface area contributed by atoms with Crippen molar-refractivity contribution in [2.24, 2.45) is 0 Å². The minimum Gasteiger partial charge on any atom is -0.382 e. The Morgan fingerprint density at radius 3 is 2.62 bits per heavy atom. The number of aliphatic hydroxyl groups is 1. The molecule has 96 valence electrons. The van der Waals surface area contributed by atoms with Crippen molar-refractivity contribution in [1.29, 1.82) is 0 Å². The average molecular weight is 241 g/mol. The van der Waals surface area contributed by atoms with Gasteiger partial charge in [0.2, 0.25) is 0 Å². The van der Waals surface area contributed by atoms with Gasteiger partial charge in [-0.2, -0.15) is 13.2 Å². The van der Waals surface area contributed by atoms with E-state index in [1.165, 1.54) is 0 Å². The van der Waals surface area contributed by atoms with Gasteiger partial charge in [0.25, 0.3) is 0 Å². The molecule has 0 aromatic heterocycles. The van der Waals surface area contributed by atoms with E-state index >= 15 is 0 Å². The molecule has 6 heteroatoms. The van der Waals surface area contributed by atoms with Crippen LogP contribution in [-0.4, -0.2) is 54.6 Å². The van der Waals surface area contributed by atoms with Crippen LogP contribution < -0.4 is 0 Å². The van der Waals surface area contributed by atoms with Crippen molar-refractivity contribution in [1.82, 2.24) is 4.90 Å². The second kappa shape index (κ2) is 5.84. The van der Waals surface area contributed by atoms with Crippen LogP contribution in [0.4, 0.5) is 13.2 Å². The van der Waals surface area contributed by atoms with Gasteiger partial charge >= 0.3 is 6.18 Å². The average Bonchev–Trinajstić information content (AvgIpc) is 2.67. The number of ether oxygens (including phenoxy) is 1. The van der Waals surface area contributed by atoms with Crippen LogP contribution in [0, 0.1) is 0 Å². The maximum atomic E-state index is 12.2. The summed E-state index contributed by atoms with van der Waals surface area (Å²) in [4.78, 5) is 1.58. The molecule has 2 atom stereocenters. The van der Waals surface area contributed by atoms with Gasteiger partial charge in [-0.05, 0) is 19.4 Å². The first-order valence-corrected chi connectivity index (χ1v) is 5.52. The molecule has 1 fully saturated rings. The first-order valence-electron chi connectivity index (χ1n) is 5.52. The van der Waals surface area contributed by atoms with Crippen molar-refractivity contribution < 1.29 is 23.0 Å². The molecule has 1 heterocycles. The molecular formula is C10H18F3NO2. The van der Waals surface area contributed by atoms with E-state index in [1.807, 2.05) is 0 Å². The number of nitrogens with zero attached hydrogens (tertiary/aromatic N) is 1. The van der Waals surface area contributed by atoms with Crippen molar-refractivity contribution >= 4 is 0 Å². The zero-order valence-corrected chi connectivity index (χ0v) is 9.33. The highest BCUT2D eigenvalue weighted by Gasteiger charge is 2.39. The number of rotatable bonds is 5. The summed E-state index contributed by atoms with van der Waals surface area (Å²) < 4.78 is 41.8. The van der Waals surface area contributed by atoms with Crippen LogP contribution in [0.25, 0.3) is 0 Å². The van der Waals surface area contributed by atoms with Crippen LogP contribution in [-0.2, 0) is 4.74 Å². The monoisotopic (exact) mass is 241 g/mol. The number of hydrogen-bond donors (Lipinski definition) is 1. The first-order chi connectivity index (χ1) is 7.43. The van der Waals surface area contributed by atoms with Crippen LogP contribution in [0.5, 0.6) is 0 Å². The number of hydrogen-bond acceptors (Lipinski definition) is 3. The standard InChI is InChI=1S/C10H18F3NO2/c1-2-14(6-8-4-3-5-16-8)7-9(15)10(11,12)13/h8-9,15H,2-7H2,1H3. The lowest BCUT2D eigenvalue weighted by molar-refractivity contribution is -0.208. The topological polar surface area (TPSA) is 32.7 Å². The van der Waals surface area contributed by atoms with E-state index in [0.717, 1.165) is 12.8 Å². The van der Waals surface area contributed by atoms with Crippen molar-refractivity contribution in [2.45, 2.75) is 38.1 Å².